The van der Waals surface area contributed by atoms with Crippen LogP contribution in [0, 0.1) is 0 Å². The summed E-state index contributed by atoms with van der Waals surface area (Å²) < 4.78 is 32.5. The van der Waals surface area contributed by atoms with Gasteiger partial charge in [-0.25, -0.2) is 4.57 Å². The molecule has 0 bridgehead atoms. The van der Waals surface area contributed by atoms with Gasteiger partial charge in [0.1, 0.15) is 12.7 Å². The maximum atomic E-state index is 12.6. The van der Waals surface area contributed by atoms with Crippen molar-refractivity contribution < 1.29 is 58.0 Å². The van der Waals surface area contributed by atoms with E-state index in [0.29, 0.717) is 12.8 Å². The molecule has 0 aliphatic heterocycles. The van der Waals surface area contributed by atoms with E-state index in [4.69, 9.17) is 19.1 Å². The summed E-state index contributed by atoms with van der Waals surface area (Å²) in [5.74, 6) is -1.17. The number of aliphatic hydroxyl groups excluding tert-OH is 4. The Kier molecular flexibility index (Phi) is 37.4. The number of carbonyl (C=O) groups excluding carboxylic acids is 2. The van der Waals surface area contributed by atoms with E-state index in [1.807, 2.05) is 6.08 Å². The van der Waals surface area contributed by atoms with Gasteiger partial charge in [-0.05, 0) is 64.2 Å². The first-order valence-electron chi connectivity index (χ1n) is 21.5. The normalized spacial score (nSPS) is 15.6. The van der Waals surface area contributed by atoms with Gasteiger partial charge in [0.2, 0.25) is 0 Å². The molecule has 0 aromatic heterocycles. The van der Waals surface area contributed by atoms with Gasteiger partial charge in [0.25, 0.3) is 0 Å². The lowest BCUT2D eigenvalue weighted by Crippen LogP contribution is -2.30. The zero-order valence-electron chi connectivity index (χ0n) is 35.0. The molecule has 0 fully saturated rings. The summed E-state index contributed by atoms with van der Waals surface area (Å²) in [5, 5.41) is 38.6. The molecule has 0 spiro atoms. The molecule has 0 heterocycles. The van der Waals surface area contributed by atoms with E-state index in [1.165, 1.54) is 57.8 Å². The van der Waals surface area contributed by atoms with Gasteiger partial charge in [-0.2, -0.15) is 0 Å². The Morgan fingerprint density at radius 1 is 0.596 bits per heavy atom. The maximum absolute atomic E-state index is 12.6. The second-order valence-electron chi connectivity index (χ2n) is 14.4. The number of esters is 2. The highest BCUT2D eigenvalue weighted by molar-refractivity contribution is 7.47. The van der Waals surface area contributed by atoms with Crippen molar-refractivity contribution in [2.24, 2.45) is 0 Å². The van der Waals surface area contributed by atoms with E-state index < -0.39 is 70.6 Å². The molecule has 12 nitrogen and oxygen atoms in total. The summed E-state index contributed by atoms with van der Waals surface area (Å²) in [4.78, 5) is 35.0. The minimum atomic E-state index is -4.69. The van der Waals surface area contributed by atoms with Gasteiger partial charge >= 0.3 is 19.8 Å². The quantitative estimate of drug-likeness (QED) is 0.0130. The molecule has 13 heteroatoms. The highest BCUT2D eigenvalue weighted by Gasteiger charge is 2.27. The molecule has 57 heavy (non-hydrogen) atoms. The van der Waals surface area contributed by atoms with E-state index in [0.717, 1.165) is 44.9 Å². The van der Waals surface area contributed by atoms with Gasteiger partial charge in [0.15, 0.2) is 6.10 Å². The average Bonchev–Trinajstić information content (AvgIpc) is 3.19. The molecule has 0 rings (SSSR count). The molecule has 0 aliphatic carbocycles. The van der Waals surface area contributed by atoms with Crippen LogP contribution < -0.4 is 0 Å². The van der Waals surface area contributed by atoms with Crippen molar-refractivity contribution in [3.05, 3.63) is 60.8 Å². The molecule has 0 aromatic carbocycles. The van der Waals surface area contributed by atoms with Crippen LogP contribution in [0.3, 0.4) is 0 Å². The lowest BCUT2D eigenvalue weighted by atomic mass is 10.1. The Bertz CT molecular complexity index is 1170. The summed E-state index contributed by atoms with van der Waals surface area (Å²) in [6.45, 7) is 2.00. The first-order valence-corrected chi connectivity index (χ1v) is 23.0. The van der Waals surface area contributed by atoms with Crippen LogP contribution >= 0.6 is 7.82 Å². The Labute approximate surface area is 343 Å². The Morgan fingerprint density at radius 3 is 1.74 bits per heavy atom. The third-order valence-electron chi connectivity index (χ3n) is 8.83. The Balaban J connectivity index is 4.59. The minimum Gasteiger partial charge on any atom is -0.462 e. The van der Waals surface area contributed by atoms with Gasteiger partial charge in [0.05, 0.1) is 32.0 Å². The number of aliphatic hydroxyl groups is 4. The lowest BCUT2D eigenvalue weighted by molar-refractivity contribution is -0.161. The molecule has 1 unspecified atom stereocenters. The van der Waals surface area contributed by atoms with Gasteiger partial charge in [0, 0.05) is 12.8 Å². The summed E-state index contributed by atoms with van der Waals surface area (Å²) in [6.07, 6.45) is 35.2. The third-order valence-corrected chi connectivity index (χ3v) is 9.79. The minimum absolute atomic E-state index is 0.0787. The van der Waals surface area contributed by atoms with E-state index in [9.17, 15) is 34.4 Å². The topological polar surface area (TPSA) is 189 Å². The molecular formula is C44H77O12P. The van der Waals surface area contributed by atoms with Crippen LogP contribution in [-0.4, -0.2) is 88.1 Å². The second kappa shape index (κ2) is 39.1. The van der Waals surface area contributed by atoms with E-state index in [2.05, 4.69) is 36.6 Å². The van der Waals surface area contributed by atoms with Gasteiger partial charge < -0.3 is 34.8 Å². The number of hydrogen-bond acceptors (Lipinski definition) is 11. The molecular weight excluding hydrogens is 751 g/mol. The summed E-state index contributed by atoms with van der Waals surface area (Å²) in [5.41, 5.74) is 0. The molecule has 0 amide bonds. The van der Waals surface area contributed by atoms with E-state index in [-0.39, 0.29) is 25.7 Å². The maximum Gasteiger partial charge on any atom is 0.472 e. The summed E-state index contributed by atoms with van der Waals surface area (Å²) >= 11 is 0. The standard InChI is InChI=1S/C44H77O12P/c1-3-5-7-9-11-12-13-14-15-16-17-18-19-21-27-33-43(49)53-37-42(38-55-57(51,52)54-36-41(48)35-45)56-44(50)34-28-32-40(47)31-26-23-22-25-30-39(46)29-24-20-10-8-6-4-2/h12-13,20,22-26,30-31,39-42,45-48H,3-11,14-19,21,27-29,32-38H2,1-2H3,(H,51,52)/b13-12-,23-22+,24-20-,30-25+,31-26-/t39-,40-,41-,42+/m0/s1. The number of phosphoric acid groups is 1. The largest absolute Gasteiger partial charge is 0.472 e. The highest BCUT2D eigenvalue weighted by Crippen LogP contribution is 2.43. The molecule has 0 saturated heterocycles. The van der Waals surface area contributed by atoms with Crippen molar-refractivity contribution in [1.29, 1.82) is 0 Å². The average molecular weight is 829 g/mol. The first kappa shape index (κ1) is 54.6. The molecule has 0 radical (unpaired) electrons. The highest BCUT2D eigenvalue weighted by atomic mass is 31.2. The fourth-order valence-corrected chi connectivity index (χ4v) is 6.21. The van der Waals surface area contributed by atoms with Gasteiger partial charge in [-0.15, -0.1) is 0 Å². The molecule has 0 aliphatic rings. The molecule has 5 N–H and O–H groups in total. The summed E-state index contributed by atoms with van der Waals surface area (Å²) in [7, 11) is -4.69. The number of allylic oxidation sites excluding steroid dienone is 7. The van der Waals surface area contributed by atoms with Crippen molar-refractivity contribution in [1.82, 2.24) is 0 Å². The fraction of sp³-hybridized carbons (Fsp3) is 0.727. The molecule has 330 valence electrons. The van der Waals surface area contributed by atoms with Crippen LogP contribution in [0.2, 0.25) is 0 Å². The zero-order chi connectivity index (χ0) is 42.2. The van der Waals surface area contributed by atoms with Crippen molar-refractivity contribution in [3.63, 3.8) is 0 Å². The van der Waals surface area contributed by atoms with Crippen molar-refractivity contribution in [2.45, 2.75) is 180 Å². The lowest BCUT2D eigenvalue weighted by Gasteiger charge is -2.20. The van der Waals surface area contributed by atoms with Crippen LogP contribution in [0.25, 0.3) is 0 Å². The fourth-order valence-electron chi connectivity index (χ4n) is 5.42. The number of carbonyl (C=O) groups is 2. The Morgan fingerprint density at radius 2 is 1.11 bits per heavy atom. The summed E-state index contributed by atoms with van der Waals surface area (Å²) in [6, 6.07) is 0. The monoisotopic (exact) mass is 829 g/mol. The van der Waals surface area contributed by atoms with Crippen LogP contribution in [0.15, 0.2) is 60.8 Å². The van der Waals surface area contributed by atoms with Crippen LogP contribution in [0.1, 0.15) is 155 Å². The van der Waals surface area contributed by atoms with Gasteiger partial charge in [-0.1, -0.05) is 139 Å². The van der Waals surface area contributed by atoms with Crippen LogP contribution in [0.4, 0.5) is 0 Å². The van der Waals surface area contributed by atoms with E-state index >= 15 is 0 Å². The number of phosphoric ester groups is 1. The number of ether oxygens (including phenoxy) is 2. The first-order chi connectivity index (χ1) is 27.5. The molecule has 0 aromatic rings. The molecule has 0 saturated carbocycles. The zero-order valence-corrected chi connectivity index (χ0v) is 35.9. The third kappa shape index (κ3) is 38.9. The van der Waals surface area contributed by atoms with Crippen LogP contribution in [0.5, 0.6) is 0 Å². The number of rotatable bonds is 39. The van der Waals surface area contributed by atoms with E-state index in [1.54, 1.807) is 36.5 Å². The molecule has 5 atom stereocenters. The Hall–Kier alpha value is -2.41. The number of hydrogen-bond donors (Lipinski definition) is 5. The van der Waals surface area contributed by atoms with Crippen molar-refractivity contribution in [3.8, 4) is 0 Å². The van der Waals surface area contributed by atoms with Crippen molar-refractivity contribution in [2.75, 3.05) is 26.4 Å². The van der Waals surface area contributed by atoms with Gasteiger partial charge in [-0.3, -0.25) is 18.6 Å². The number of unbranched alkanes of at least 4 members (excludes halogenated alkanes) is 14. The SMILES string of the molecule is CCCCC/C=C\C[C@H](O)/C=C/C=C/C=C\[C@H](O)CCCC(=O)O[C@H](COC(=O)CCCCCCCCC/C=C\CCCCCC)COP(=O)(O)OC[C@@H](O)CO. The van der Waals surface area contributed by atoms with Crippen LogP contribution in [-0.2, 0) is 32.7 Å². The second-order valence-corrected chi connectivity index (χ2v) is 15.9. The predicted octanol–water partition coefficient (Wildman–Crippen LogP) is 9.05. The predicted molar refractivity (Wildman–Crippen MR) is 226 cm³/mol. The van der Waals surface area contributed by atoms with Crippen molar-refractivity contribution >= 4 is 19.8 Å². The smallest absolute Gasteiger partial charge is 0.462 e.